The van der Waals surface area contributed by atoms with E-state index in [9.17, 15) is 4.39 Å². The lowest BCUT2D eigenvalue weighted by Gasteiger charge is -2.00. The summed E-state index contributed by atoms with van der Waals surface area (Å²) in [4.78, 5) is 0. The van der Waals surface area contributed by atoms with Gasteiger partial charge in [-0.05, 0) is 36.1 Å². The molecule has 0 N–H and O–H groups in total. The fourth-order valence-corrected chi connectivity index (χ4v) is 1.84. The van der Waals surface area contributed by atoms with Crippen LogP contribution in [0.25, 0.3) is 5.57 Å². The van der Waals surface area contributed by atoms with Gasteiger partial charge in [0.1, 0.15) is 5.82 Å². The maximum Gasteiger partial charge on any atom is 0.123 e. The van der Waals surface area contributed by atoms with Gasteiger partial charge >= 0.3 is 0 Å². The van der Waals surface area contributed by atoms with Gasteiger partial charge in [-0.25, -0.2) is 4.39 Å². The summed E-state index contributed by atoms with van der Waals surface area (Å²) < 4.78 is 12.6. The molecule has 0 heterocycles. The van der Waals surface area contributed by atoms with Crippen molar-refractivity contribution in [2.45, 2.75) is 18.2 Å². The van der Waals surface area contributed by atoms with Gasteiger partial charge < -0.3 is 0 Å². The van der Waals surface area contributed by atoms with Crippen LogP contribution < -0.4 is 0 Å². The van der Waals surface area contributed by atoms with Crippen molar-refractivity contribution in [2.75, 3.05) is 0 Å². The predicted molar refractivity (Wildman–Crippen MR) is 53.3 cm³/mol. The van der Waals surface area contributed by atoms with E-state index in [1.54, 1.807) is 12.1 Å². The number of hydrogen-bond donors (Lipinski definition) is 0. The largest absolute Gasteiger partial charge is 0.207 e. The van der Waals surface area contributed by atoms with Crippen molar-refractivity contribution in [2.24, 2.45) is 0 Å². The zero-order valence-corrected chi connectivity index (χ0v) is 7.89. The SMILES string of the molecule is Fc1ccc(C2=CC(Cl)CC2)cc1. The zero-order chi connectivity index (χ0) is 9.26. The summed E-state index contributed by atoms with van der Waals surface area (Å²) in [6.45, 7) is 0. The van der Waals surface area contributed by atoms with E-state index in [4.69, 9.17) is 11.6 Å². The number of rotatable bonds is 1. The minimum atomic E-state index is -0.190. The van der Waals surface area contributed by atoms with Crippen molar-refractivity contribution in [3.63, 3.8) is 0 Å². The lowest BCUT2D eigenvalue weighted by molar-refractivity contribution is 0.627. The number of hydrogen-bond acceptors (Lipinski definition) is 0. The molecular weight excluding hydrogens is 187 g/mol. The highest BCUT2D eigenvalue weighted by Crippen LogP contribution is 2.30. The number of benzene rings is 1. The van der Waals surface area contributed by atoms with Crippen molar-refractivity contribution in [3.8, 4) is 0 Å². The standard InChI is InChI=1S/C11H10ClF/c12-10-4-1-9(7-10)8-2-5-11(13)6-3-8/h2-3,5-7,10H,1,4H2. The third-order valence-corrected chi connectivity index (χ3v) is 2.63. The first kappa shape index (κ1) is 8.76. The number of alkyl halides is 1. The van der Waals surface area contributed by atoms with E-state index in [1.165, 1.54) is 17.7 Å². The first-order chi connectivity index (χ1) is 6.25. The van der Waals surface area contributed by atoms with Gasteiger partial charge in [0.25, 0.3) is 0 Å². The first-order valence-electron chi connectivity index (χ1n) is 4.36. The number of halogens is 2. The molecule has 1 aliphatic carbocycles. The van der Waals surface area contributed by atoms with E-state index in [0.717, 1.165) is 18.4 Å². The Morgan fingerprint density at radius 1 is 1.23 bits per heavy atom. The summed E-state index contributed by atoms with van der Waals surface area (Å²) >= 11 is 5.94. The Hall–Kier alpha value is -0.820. The van der Waals surface area contributed by atoms with Crippen LogP contribution in [0.3, 0.4) is 0 Å². The lowest BCUT2D eigenvalue weighted by atomic mass is 10.1. The summed E-state index contributed by atoms with van der Waals surface area (Å²) in [6, 6.07) is 6.57. The predicted octanol–water partition coefficient (Wildman–Crippen LogP) is 3.61. The van der Waals surface area contributed by atoms with Gasteiger partial charge in [-0.2, -0.15) is 0 Å². The molecule has 1 unspecified atom stereocenters. The molecule has 13 heavy (non-hydrogen) atoms. The van der Waals surface area contributed by atoms with Gasteiger partial charge in [0.05, 0.1) is 5.38 Å². The van der Waals surface area contributed by atoms with Gasteiger partial charge in [-0.15, -0.1) is 11.6 Å². The summed E-state index contributed by atoms with van der Waals surface area (Å²) in [5.74, 6) is -0.190. The topological polar surface area (TPSA) is 0 Å². The Bertz CT molecular complexity index is 326. The summed E-state index contributed by atoms with van der Waals surface area (Å²) in [5.41, 5.74) is 2.32. The molecule has 1 aliphatic rings. The first-order valence-corrected chi connectivity index (χ1v) is 4.80. The van der Waals surface area contributed by atoms with Crippen LogP contribution in [0.1, 0.15) is 18.4 Å². The molecule has 1 atom stereocenters. The molecule has 0 bridgehead atoms. The second kappa shape index (κ2) is 3.51. The van der Waals surface area contributed by atoms with E-state index < -0.39 is 0 Å². The average molecular weight is 197 g/mol. The maximum atomic E-state index is 12.6. The van der Waals surface area contributed by atoms with E-state index in [-0.39, 0.29) is 11.2 Å². The highest BCUT2D eigenvalue weighted by atomic mass is 35.5. The Morgan fingerprint density at radius 3 is 2.46 bits per heavy atom. The van der Waals surface area contributed by atoms with E-state index in [1.807, 2.05) is 0 Å². The van der Waals surface area contributed by atoms with Crippen LogP contribution in [0.4, 0.5) is 4.39 Å². The van der Waals surface area contributed by atoms with E-state index >= 15 is 0 Å². The molecule has 0 nitrogen and oxygen atoms in total. The van der Waals surface area contributed by atoms with Gasteiger partial charge in [-0.1, -0.05) is 18.2 Å². The van der Waals surface area contributed by atoms with Crippen LogP contribution in [-0.2, 0) is 0 Å². The molecule has 1 aromatic rings. The van der Waals surface area contributed by atoms with Crippen LogP contribution in [0, 0.1) is 5.82 Å². The highest BCUT2D eigenvalue weighted by molar-refractivity contribution is 6.22. The molecule has 2 heteroatoms. The second-order valence-corrected chi connectivity index (χ2v) is 3.81. The van der Waals surface area contributed by atoms with Gasteiger partial charge in [-0.3, -0.25) is 0 Å². The molecule has 1 aromatic carbocycles. The molecule has 0 spiro atoms. The Labute approximate surface area is 82.0 Å². The quantitative estimate of drug-likeness (QED) is 0.602. The minimum absolute atomic E-state index is 0.153. The van der Waals surface area contributed by atoms with Crippen LogP contribution in [0.2, 0.25) is 0 Å². The molecule has 0 aromatic heterocycles. The third kappa shape index (κ3) is 1.92. The monoisotopic (exact) mass is 196 g/mol. The second-order valence-electron chi connectivity index (χ2n) is 3.25. The van der Waals surface area contributed by atoms with Gasteiger partial charge in [0.2, 0.25) is 0 Å². The number of allylic oxidation sites excluding steroid dienone is 2. The lowest BCUT2D eigenvalue weighted by Crippen LogP contribution is -1.81. The molecule has 68 valence electrons. The minimum Gasteiger partial charge on any atom is -0.207 e. The molecule has 0 saturated heterocycles. The average Bonchev–Trinajstić information content (AvgIpc) is 2.53. The van der Waals surface area contributed by atoms with Crippen molar-refractivity contribution in [3.05, 3.63) is 41.7 Å². The summed E-state index contributed by atoms with van der Waals surface area (Å²) in [7, 11) is 0. The van der Waals surface area contributed by atoms with Crippen LogP contribution >= 0.6 is 11.6 Å². The van der Waals surface area contributed by atoms with Gasteiger partial charge in [0.15, 0.2) is 0 Å². The highest BCUT2D eigenvalue weighted by Gasteiger charge is 2.13. The Balaban J connectivity index is 2.26. The van der Waals surface area contributed by atoms with Crippen molar-refractivity contribution >= 4 is 17.2 Å². The van der Waals surface area contributed by atoms with E-state index in [0.29, 0.717) is 0 Å². The molecule has 0 radical (unpaired) electrons. The molecule has 0 aliphatic heterocycles. The fraction of sp³-hybridized carbons (Fsp3) is 0.273. The summed E-state index contributed by atoms with van der Waals surface area (Å²) in [6.07, 6.45) is 4.04. The maximum absolute atomic E-state index is 12.6. The third-order valence-electron chi connectivity index (χ3n) is 2.29. The Kier molecular flexibility index (Phi) is 2.36. The molecule has 0 saturated carbocycles. The van der Waals surface area contributed by atoms with E-state index in [2.05, 4.69) is 6.08 Å². The van der Waals surface area contributed by atoms with Crippen LogP contribution in [0.15, 0.2) is 30.3 Å². The Morgan fingerprint density at radius 2 is 1.92 bits per heavy atom. The molecular formula is C11H10ClF. The molecule has 2 rings (SSSR count). The zero-order valence-electron chi connectivity index (χ0n) is 7.13. The van der Waals surface area contributed by atoms with Gasteiger partial charge in [0, 0.05) is 0 Å². The summed E-state index contributed by atoms with van der Waals surface area (Å²) in [5, 5.41) is 0.153. The molecule has 0 fully saturated rings. The normalized spacial score (nSPS) is 21.7. The van der Waals surface area contributed by atoms with Crippen LogP contribution in [0.5, 0.6) is 0 Å². The fourth-order valence-electron chi connectivity index (χ4n) is 1.58. The van der Waals surface area contributed by atoms with Crippen molar-refractivity contribution in [1.29, 1.82) is 0 Å². The van der Waals surface area contributed by atoms with Crippen LogP contribution in [-0.4, -0.2) is 5.38 Å². The van der Waals surface area contributed by atoms with Crippen molar-refractivity contribution in [1.82, 2.24) is 0 Å². The van der Waals surface area contributed by atoms with Crippen molar-refractivity contribution < 1.29 is 4.39 Å². The molecule has 0 amide bonds. The smallest absolute Gasteiger partial charge is 0.123 e.